The minimum atomic E-state index is 0.326. The molecule has 15 heavy (non-hydrogen) atoms. The first-order valence-corrected chi connectivity index (χ1v) is 6.07. The zero-order chi connectivity index (χ0) is 10.4. The molecule has 2 aliphatic rings. The molecule has 0 spiro atoms. The molecule has 0 N–H and O–H groups in total. The highest BCUT2D eigenvalue weighted by molar-refractivity contribution is 5.97. The molecule has 0 saturated heterocycles. The van der Waals surface area contributed by atoms with Gasteiger partial charge in [-0.2, -0.15) is 0 Å². The van der Waals surface area contributed by atoms with Crippen LogP contribution in [0, 0.1) is 0 Å². The molecule has 3 heterocycles. The number of ketones is 1. The molecule has 1 atom stereocenters. The highest BCUT2D eigenvalue weighted by atomic mass is 16.1. The lowest BCUT2D eigenvalue weighted by Gasteiger charge is -2.21. The number of carbonyl (C=O) groups is 1. The van der Waals surface area contributed by atoms with Crippen LogP contribution in [0.4, 0.5) is 0 Å². The topological polar surface area (TPSA) is 22.0 Å². The molecule has 1 aromatic rings. The standard InChI is InChI=1S/C13H17NO/c1-2-13(15)11-8-10-5-3-4-9-6-7-12(11)14(9)10/h8-9H,2-7H2,1H3/t9-/m1/s1. The summed E-state index contributed by atoms with van der Waals surface area (Å²) in [6, 6.07) is 2.87. The third kappa shape index (κ3) is 1.20. The summed E-state index contributed by atoms with van der Waals surface area (Å²) in [4.78, 5) is 11.8. The first-order valence-electron chi connectivity index (χ1n) is 6.07. The molecule has 2 heteroatoms. The fourth-order valence-electron chi connectivity index (χ4n) is 3.18. The maximum atomic E-state index is 11.8. The van der Waals surface area contributed by atoms with E-state index >= 15 is 0 Å². The summed E-state index contributed by atoms with van der Waals surface area (Å²) < 4.78 is 2.46. The number of aromatic nitrogens is 1. The largest absolute Gasteiger partial charge is 0.345 e. The highest BCUT2D eigenvalue weighted by Gasteiger charge is 2.31. The Bertz CT molecular complexity index is 416. The minimum Gasteiger partial charge on any atom is -0.345 e. The second kappa shape index (κ2) is 3.22. The van der Waals surface area contributed by atoms with Crippen molar-refractivity contribution in [2.75, 3.05) is 0 Å². The van der Waals surface area contributed by atoms with Crippen molar-refractivity contribution in [3.05, 3.63) is 23.0 Å². The minimum absolute atomic E-state index is 0.326. The molecular formula is C13H17NO. The number of Topliss-reactive ketones (excluding diaryl/α,β-unsaturated/α-hetero) is 1. The molecule has 0 fully saturated rings. The Morgan fingerprint density at radius 1 is 1.47 bits per heavy atom. The van der Waals surface area contributed by atoms with E-state index < -0.39 is 0 Å². The van der Waals surface area contributed by atoms with Crippen LogP contribution in [0.1, 0.15) is 60.4 Å². The zero-order valence-corrected chi connectivity index (χ0v) is 9.25. The van der Waals surface area contributed by atoms with Gasteiger partial charge in [0.25, 0.3) is 0 Å². The van der Waals surface area contributed by atoms with E-state index in [0.717, 1.165) is 12.0 Å². The predicted molar refractivity (Wildman–Crippen MR) is 59.3 cm³/mol. The van der Waals surface area contributed by atoms with Gasteiger partial charge in [-0.1, -0.05) is 6.92 Å². The summed E-state index contributed by atoms with van der Waals surface area (Å²) in [6.07, 6.45) is 6.79. The van der Waals surface area contributed by atoms with Crippen LogP contribution in [0.2, 0.25) is 0 Å². The van der Waals surface area contributed by atoms with Gasteiger partial charge in [-0.3, -0.25) is 4.79 Å². The number of nitrogens with zero attached hydrogens (tertiary/aromatic N) is 1. The van der Waals surface area contributed by atoms with Gasteiger partial charge >= 0.3 is 0 Å². The van der Waals surface area contributed by atoms with Gasteiger partial charge in [-0.05, 0) is 38.2 Å². The SMILES string of the molecule is CCC(=O)c1cc2n3c1CC[C@H]3CCC2. The smallest absolute Gasteiger partial charge is 0.164 e. The number of rotatable bonds is 2. The van der Waals surface area contributed by atoms with Crippen molar-refractivity contribution in [1.29, 1.82) is 0 Å². The van der Waals surface area contributed by atoms with E-state index in [9.17, 15) is 4.79 Å². The summed E-state index contributed by atoms with van der Waals surface area (Å²) in [6.45, 7) is 1.96. The van der Waals surface area contributed by atoms with Gasteiger partial charge in [-0.25, -0.2) is 0 Å². The summed E-state index contributed by atoms with van der Waals surface area (Å²) in [7, 11) is 0. The van der Waals surface area contributed by atoms with E-state index in [0.29, 0.717) is 18.2 Å². The first kappa shape index (κ1) is 9.20. The Morgan fingerprint density at radius 2 is 2.33 bits per heavy atom. The van der Waals surface area contributed by atoms with E-state index in [2.05, 4.69) is 10.6 Å². The molecule has 2 aliphatic heterocycles. The molecule has 0 bridgehead atoms. The lowest BCUT2D eigenvalue weighted by molar-refractivity contribution is 0.0987. The third-order valence-corrected chi connectivity index (χ3v) is 3.89. The second-order valence-electron chi connectivity index (χ2n) is 4.73. The van der Waals surface area contributed by atoms with Gasteiger partial charge in [0.15, 0.2) is 5.78 Å². The average Bonchev–Trinajstić information content (AvgIpc) is 2.84. The van der Waals surface area contributed by atoms with Crippen LogP contribution < -0.4 is 0 Å². The molecule has 80 valence electrons. The second-order valence-corrected chi connectivity index (χ2v) is 4.73. The van der Waals surface area contributed by atoms with Crippen molar-refractivity contribution in [2.24, 2.45) is 0 Å². The Hall–Kier alpha value is -1.05. The monoisotopic (exact) mass is 203 g/mol. The van der Waals surface area contributed by atoms with Gasteiger partial charge in [0, 0.05) is 29.4 Å². The fourth-order valence-corrected chi connectivity index (χ4v) is 3.18. The molecular weight excluding hydrogens is 186 g/mol. The van der Waals surface area contributed by atoms with Crippen LogP contribution in [0.5, 0.6) is 0 Å². The van der Waals surface area contributed by atoms with Crippen LogP contribution in [-0.4, -0.2) is 10.4 Å². The quantitative estimate of drug-likeness (QED) is 0.677. The van der Waals surface area contributed by atoms with Crippen LogP contribution in [0.15, 0.2) is 6.07 Å². The molecule has 3 rings (SSSR count). The predicted octanol–water partition coefficient (Wildman–Crippen LogP) is 2.90. The maximum absolute atomic E-state index is 11.8. The maximum Gasteiger partial charge on any atom is 0.164 e. The summed E-state index contributed by atoms with van der Waals surface area (Å²) in [5.74, 6) is 0.326. The van der Waals surface area contributed by atoms with Crippen molar-refractivity contribution in [2.45, 2.75) is 51.5 Å². The highest BCUT2D eigenvalue weighted by Crippen LogP contribution is 2.39. The molecule has 0 unspecified atom stereocenters. The van der Waals surface area contributed by atoms with Crippen molar-refractivity contribution < 1.29 is 4.79 Å². The van der Waals surface area contributed by atoms with Crippen LogP contribution in [0.3, 0.4) is 0 Å². The lowest BCUT2D eigenvalue weighted by atomic mass is 9.99. The number of carbonyl (C=O) groups excluding carboxylic acids is 1. The molecule has 0 aliphatic carbocycles. The average molecular weight is 203 g/mol. The van der Waals surface area contributed by atoms with Crippen molar-refractivity contribution in [3.8, 4) is 0 Å². The number of hydrogen-bond donors (Lipinski definition) is 0. The third-order valence-electron chi connectivity index (χ3n) is 3.89. The Morgan fingerprint density at radius 3 is 3.13 bits per heavy atom. The summed E-state index contributed by atoms with van der Waals surface area (Å²) in [5, 5.41) is 0. The summed E-state index contributed by atoms with van der Waals surface area (Å²) in [5.41, 5.74) is 3.77. The van der Waals surface area contributed by atoms with E-state index in [1.807, 2.05) is 6.92 Å². The number of hydrogen-bond acceptors (Lipinski definition) is 1. The van der Waals surface area contributed by atoms with Crippen molar-refractivity contribution in [1.82, 2.24) is 4.57 Å². The van der Waals surface area contributed by atoms with Gasteiger partial charge in [0.05, 0.1) is 0 Å². The van der Waals surface area contributed by atoms with E-state index in [4.69, 9.17) is 0 Å². The Balaban J connectivity index is 2.12. The Kier molecular flexibility index (Phi) is 1.98. The van der Waals surface area contributed by atoms with Gasteiger partial charge in [0.1, 0.15) is 0 Å². The van der Waals surface area contributed by atoms with Crippen LogP contribution in [0.25, 0.3) is 0 Å². The van der Waals surface area contributed by atoms with Gasteiger partial charge < -0.3 is 4.57 Å². The molecule has 2 nitrogen and oxygen atoms in total. The van der Waals surface area contributed by atoms with Crippen LogP contribution in [-0.2, 0) is 12.8 Å². The molecule has 0 aromatic carbocycles. The summed E-state index contributed by atoms with van der Waals surface area (Å²) >= 11 is 0. The van der Waals surface area contributed by atoms with E-state index in [1.165, 1.54) is 37.1 Å². The Labute approximate surface area is 90.3 Å². The van der Waals surface area contributed by atoms with Gasteiger partial charge in [-0.15, -0.1) is 0 Å². The molecule has 0 saturated carbocycles. The van der Waals surface area contributed by atoms with E-state index in [1.54, 1.807) is 0 Å². The molecule has 0 amide bonds. The van der Waals surface area contributed by atoms with E-state index in [-0.39, 0.29) is 0 Å². The first-order chi connectivity index (χ1) is 7.31. The van der Waals surface area contributed by atoms with Crippen LogP contribution >= 0.6 is 0 Å². The van der Waals surface area contributed by atoms with Crippen molar-refractivity contribution >= 4 is 5.78 Å². The fraction of sp³-hybridized carbons (Fsp3) is 0.615. The molecule has 1 aromatic heterocycles. The number of aryl methyl sites for hydroxylation is 1. The van der Waals surface area contributed by atoms with Crippen molar-refractivity contribution in [3.63, 3.8) is 0 Å². The normalized spacial score (nSPS) is 22.9. The zero-order valence-electron chi connectivity index (χ0n) is 9.25. The van der Waals surface area contributed by atoms with Gasteiger partial charge in [0.2, 0.25) is 0 Å². The molecule has 0 radical (unpaired) electrons. The lowest BCUT2D eigenvalue weighted by Crippen LogP contribution is -2.13.